The molecule has 1 heterocycles. The van der Waals surface area contributed by atoms with Gasteiger partial charge in [0, 0.05) is 35.9 Å². The zero-order valence-electron chi connectivity index (χ0n) is 20.3. The number of hydrogen-bond acceptors (Lipinski definition) is 5. The van der Waals surface area contributed by atoms with Crippen molar-refractivity contribution in [2.45, 2.75) is 65.1 Å². The Morgan fingerprint density at radius 2 is 1.45 bits per heavy atom. The van der Waals surface area contributed by atoms with Crippen LogP contribution < -0.4 is 9.47 Å². The Bertz CT molecular complexity index is 1010. The molecule has 6 heteroatoms. The van der Waals surface area contributed by atoms with Crippen LogP contribution in [0.2, 0.25) is 0 Å². The third-order valence-electron chi connectivity index (χ3n) is 6.21. The van der Waals surface area contributed by atoms with Gasteiger partial charge in [0.05, 0.1) is 18.8 Å². The first-order valence-corrected chi connectivity index (χ1v) is 11.7. The van der Waals surface area contributed by atoms with Crippen LogP contribution in [0.1, 0.15) is 53.9 Å². The van der Waals surface area contributed by atoms with E-state index >= 15 is 0 Å². The van der Waals surface area contributed by atoms with Crippen molar-refractivity contribution in [3.05, 3.63) is 48.6 Å². The second-order valence-corrected chi connectivity index (χ2v) is 9.22. The Labute approximate surface area is 196 Å². The number of carbonyl (C=O) groups excluding carboxylic acids is 2. The van der Waals surface area contributed by atoms with Crippen molar-refractivity contribution in [3.63, 3.8) is 0 Å². The zero-order valence-corrected chi connectivity index (χ0v) is 20.3. The monoisotopic (exact) mass is 453 g/mol. The zero-order chi connectivity index (χ0) is 24.1. The Balaban J connectivity index is 1.61. The van der Waals surface area contributed by atoms with Crippen LogP contribution in [-0.4, -0.2) is 47.7 Å². The number of ether oxygens (including phenoxy) is 3. The Morgan fingerprint density at radius 1 is 0.848 bits per heavy atom. The summed E-state index contributed by atoms with van der Waals surface area (Å²) in [6.45, 7) is 11.6. The highest BCUT2D eigenvalue weighted by molar-refractivity contribution is 6.12. The number of nitrogens with zero attached hydrogens (tertiary/aromatic N) is 1. The van der Waals surface area contributed by atoms with Crippen LogP contribution in [0.25, 0.3) is 10.8 Å². The van der Waals surface area contributed by atoms with E-state index in [9.17, 15) is 9.59 Å². The molecule has 0 bridgehead atoms. The van der Waals surface area contributed by atoms with Gasteiger partial charge in [-0.3, -0.25) is 14.5 Å². The van der Waals surface area contributed by atoms with E-state index in [0.29, 0.717) is 32.6 Å². The number of rotatable bonds is 12. The van der Waals surface area contributed by atoms with Gasteiger partial charge in [-0.25, -0.2) is 0 Å². The second kappa shape index (κ2) is 10.4. The number of benzene rings is 2. The second-order valence-electron chi connectivity index (χ2n) is 9.22. The number of amides is 2. The molecule has 1 atom stereocenters. The maximum Gasteiger partial charge on any atom is 0.253 e. The first kappa shape index (κ1) is 24.8. The molecule has 1 unspecified atom stereocenters. The standard InChI is InChI=1S/C27H35NO5/c1-6-27(5,17-19-32-26(3,4)16-18-28-24(29)14-15-25(28)30)33-23-13-9-10-20-21(23)11-8-12-22(20)31-7-2/h8-15H,6-7,16-19H2,1-5H3. The van der Waals surface area contributed by atoms with Crippen molar-refractivity contribution >= 4 is 22.6 Å². The van der Waals surface area contributed by atoms with Gasteiger partial charge >= 0.3 is 0 Å². The topological polar surface area (TPSA) is 65.1 Å². The number of hydrogen-bond donors (Lipinski definition) is 0. The number of imide groups is 1. The fraction of sp³-hybridized carbons (Fsp3) is 0.481. The van der Waals surface area contributed by atoms with Crippen molar-refractivity contribution in [1.29, 1.82) is 0 Å². The molecule has 0 fully saturated rings. The van der Waals surface area contributed by atoms with Gasteiger partial charge in [-0.2, -0.15) is 0 Å². The summed E-state index contributed by atoms with van der Waals surface area (Å²) in [5.41, 5.74) is -0.875. The van der Waals surface area contributed by atoms with E-state index in [1.54, 1.807) is 0 Å². The lowest BCUT2D eigenvalue weighted by Gasteiger charge is -2.33. The molecule has 6 nitrogen and oxygen atoms in total. The van der Waals surface area contributed by atoms with E-state index in [4.69, 9.17) is 14.2 Å². The third-order valence-corrected chi connectivity index (χ3v) is 6.21. The van der Waals surface area contributed by atoms with Gasteiger partial charge < -0.3 is 14.2 Å². The Kier molecular flexibility index (Phi) is 7.80. The minimum atomic E-state index is -0.469. The van der Waals surface area contributed by atoms with Crippen LogP contribution in [-0.2, 0) is 14.3 Å². The molecular weight excluding hydrogens is 418 g/mol. The summed E-state index contributed by atoms with van der Waals surface area (Å²) in [5.74, 6) is 1.17. The highest BCUT2D eigenvalue weighted by Crippen LogP contribution is 2.35. The van der Waals surface area contributed by atoms with Crippen molar-refractivity contribution in [2.24, 2.45) is 0 Å². The number of fused-ring (bicyclic) bond motifs is 1. The van der Waals surface area contributed by atoms with Crippen LogP contribution in [0, 0.1) is 0 Å². The lowest BCUT2D eigenvalue weighted by atomic mass is 9.98. The Morgan fingerprint density at radius 3 is 2.06 bits per heavy atom. The normalized spacial score (nSPS) is 15.8. The average Bonchev–Trinajstić information content (AvgIpc) is 3.10. The molecule has 0 aromatic heterocycles. The molecule has 3 rings (SSSR count). The number of carbonyl (C=O) groups is 2. The van der Waals surface area contributed by atoms with Crippen LogP contribution in [0.3, 0.4) is 0 Å². The van der Waals surface area contributed by atoms with E-state index in [1.165, 1.54) is 17.1 Å². The van der Waals surface area contributed by atoms with Gasteiger partial charge in [0.15, 0.2) is 0 Å². The molecule has 1 aliphatic rings. The summed E-state index contributed by atoms with van der Waals surface area (Å²) < 4.78 is 18.5. The lowest BCUT2D eigenvalue weighted by Crippen LogP contribution is -2.38. The lowest BCUT2D eigenvalue weighted by molar-refractivity contribution is -0.137. The predicted molar refractivity (Wildman–Crippen MR) is 130 cm³/mol. The van der Waals surface area contributed by atoms with E-state index in [0.717, 1.165) is 28.7 Å². The van der Waals surface area contributed by atoms with Crippen LogP contribution >= 0.6 is 0 Å². The summed E-state index contributed by atoms with van der Waals surface area (Å²) >= 11 is 0. The first-order chi connectivity index (χ1) is 15.7. The summed E-state index contributed by atoms with van der Waals surface area (Å²) in [6, 6.07) is 12.1. The molecule has 1 aliphatic heterocycles. The van der Waals surface area contributed by atoms with E-state index < -0.39 is 11.2 Å². The van der Waals surface area contributed by atoms with E-state index in [1.807, 2.05) is 51.1 Å². The molecule has 178 valence electrons. The van der Waals surface area contributed by atoms with Crippen molar-refractivity contribution in [1.82, 2.24) is 4.90 Å². The molecule has 33 heavy (non-hydrogen) atoms. The molecule has 0 aliphatic carbocycles. The van der Waals surface area contributed by atoms with E-state index in [-0.39, 0.29) is 11.8 Å². The van der Waals surface area contributed by atoms with E-state index in [2.05, 4.69) is 19.9 Å². The fourth-order valence-electron chi connectivity index (χ4n) is 3.84. The molecule has 0 saturated carbocycles. The molecule has 2 amide bonds. The molecule has 0 spiro atoms. The third kappa shape index (κ3) is 6.14. The first-order valence-electron chi connectivity index (χ1n) is 11.7. The summed E-state index contributed by atoms with van der Waals surface area (Å²) in [5, 5.41) is 2.06. The minimum absolute atomic E-state index is 0.259. The van der Waals surface area contributed by atoms with Crippen molar-refractivity contribution in [3.8, 4) is 11.5 Å². The maximum absolute atomic E-state index is 11.8. The summed E-state index contributed by atoms with van der Waals surface area (Å²) in [6.07, 6.45) is 4.72. The fourth-order valence-corrected chi connectivity index (χ4v) is 3.84. The van der Waals surface area contributed by atoms with Crippen LogP contribution in [0.5, 0.6) is 11.5 Å². The maximum atomic E-state index is 11.8. The van der Waals surface area contributed by atoms with Gasteiger partial charge in [-0.05, 0) is 52.7 Å². The van der Waals surface area contributed by atoms with Gasteiger partial charge in [0.1, 0.15) is 17.1 Å². The average molecular weight is 454 g/mol. The predicted octanol–water partition coefficient (Wildman–Crippen LogP) is 5.29. The SMILES string of the molecule is CCOc1cccc2c(OC(C)(CC)CCOC(C)(C)CCN3C(=O)C=CC3=O)cccc12. The van der Waals surface area contributed by atoms with Crippen LogP contribution in [0.4, 0.5) is 0 Å². The van der Waals surface area contributed by atoms with Gasteiger partial charge in [-0.1, -0.05) is 31.2 Å². The molecule has 0 radical (unpaired) electrons. The largest absolute Gasteiger partial charge is 0.493 e. The molecule has 0 N–H and O–H groups in total. The molecule has 0 saturated heterocycles. The van der Waals surface area contributed by atoms with Gasteiger partial charge in [0.25, 0.3) is 11.8 Å². The van der Waals surface area contributed by atoms with Crippen LogP contribution in [0.15, 0.2) is 48.6 Å². The van der Waals surface area contributed by atoms with Crippen molar-refractivity contribution in [2.75, 3.05) is 19.8 Å². The summed E-state index contributed by atoms with van der Waals surface area (Å²) in [7, 11) is 0. The quantitative estimate of drug-likeness (QED) is 0.409. The van der Waals surface area contributed by atoms with Crippen molar-refractivity contribution < 1.29 is 23.8 Å². The smallest absolute Gasteiger partial charge is 0.253 e. The Hall–Kier alpha value is -2.86. The molecule has 2 aromatic rings. The van der Waals surface area contributed by atoms with Gasteiger partial charge in [0.2, 0.25) is 0 Å². The summed E-state index contributed by atoms with van der Waals surface area (Å²) in [4.78, 5) is 24.8. The highest BCUT2D eigenvalue weighted by Gasteiger charge is 2.29. The van der Waals surface area contributed by atoms with Gasteiger partial charge in [-0.15, -0.1) is 0 Å². The minimum Gasteiger partial charge on any atom is -0.493 e. The highest BCUT2D eigenvalue weighted by atomic mass is 16.5. The molecule has 2 aromatic carbocycles. The molecular formula is C27H35NO5.